The zero-order chi connectivity index (χ0) is 15.7. The Kier molecular flexibility index (Phi) is 4.03. The van der Waals surface area contributed by atoms with Gasteiger partial charge in [-0.15, -0.1) is 0 Å². The fourth-order valence-electron chi connectivity index (χ4n) is 2.16. The summed E-state index contributed by atoms with van der Waals surface area (Å²) in [6.45, 7) is 5.58. The molecule has 0 amide bonds. The van der Waals surface area contributed by atoms with Gasteiger partial charge in [-0.2, -0.15) is 0 Å². The summed E-state index contributed by atoms with van der Waals surface area (Å²) in [6.07, 6.45) is 4.24. The van der Waals surface area contributed by atoms with Crippen LogP contribution in [0.5, 0.6) is 0 Å². The molecular weight excluding hydrogens is 268 g/mol. The van der Waals surface area contributed by atoms with E-state index in [1.165, 1.54) is 12.2 Å². The highest BCUT2D eigenvalue weighted by Crippen LogP contribution is 2.30. The van der Waals surface area contributed by atoms with Crippen molar-refractivity contribution < 1.29 is 19.7 Å². The van der Waals surface area contributed by atoms with Crippen molar-refractivity contribution in [2.45, 2.75) is 32.2 Å². The second-order valence-electron chi connectivity index (χ2n) is 6.11. The third-order valence-electron chi connectivity index (χ3n) is 3.03. The highest BCUT2D eigenvalue weighted by Gasteiger charge is 2.39. The molecule has 2 rings (SSSR count). The molecule has 1 aromatic rings. The van der Waals surface area contributed by atoms with E-state index in [1.54, 1.807) is 36.4 Å². The number of carbonyl (C=O) groups excluding carboxylic acids is 1. The maximum atomic E-state index is 12.4. The first kappa shape index (κ1) is 15.5. The van der Waals surface area contributed by atoms with Gasteiger partial charge in [0.25, 0.3) is 0 Å². The summed E-state index contributed by atoms with van der Waals surface area (Å²) < 4.78 is 5.59. The number of allylic oxidation sites excluding steroid dienone is 1. The largest absolute Gasteiger partial charge is 0.488 e. The van der Waals surface area contributed by atoms with Crippen molar-refractivity contribution in [2.24, 2.45) is 5.92 Å². The van der Waals surface area contributed by atoms with Crippen molar-refractivity contribution >= 4 is 5.78 Å². The molecule has 0 aromatic heterocycles. The molecule has 1 aliphatic rings. The van der Waals surface area contributed by atoms with E-state index in [2.05, 4.69) is 0 Å². The smallest absolute Gasteiger partial charge is 0.200 e. The zero-order valence-corrected chi connectivity index (χ0v) is 12.4. The quantitative estimate of drug-likeness (QED) is 0.662. The number of benzene rings is 1. The molecule has 1 unspecified atom stereocenters. The van der Waals surface area contributed by atoms with Gasteiger partial charge in [-0.25, -0.2) is 0 Å². The van der Waals surface area contributed by atoms with Gasteiger partial charge in [-0.05, 0) is 26.8 Å². The SMILES string of the molecule is CC(C)(C)OC1=CC(O)(O)C(C(=O)c2ccccc2)C=C1. The lowest BCUT2D eigenvalue weighted by Crippen LogP contribution is -2.41. The van der Waals surface area contributed by atoms with Crippen molar-refractivity contribution in [3.8, 4) is 0 Å². The normalized spacial score (nSPS) is 20.8. The van der Waals surface area contributed by atoms with Crippen LogP contribution >= 0.6 is 0 Å². The number of carbonyl (C=O) groups is 1. The minimum atomic E-state index is -2.26. The standard InChI is InChI=1S/C17H20O4/c1-16(2,3)21-13-9-10-14(17(19,20)11-13)15(18)12-7-5-4-6-8-12/h4-11,14,19-20H,1-3H3. The molecular formula is C17H20O4. The molecule has 1 aliphatic carbocycles. The Labute approximate surface area is 124 Å². The first-order chi connectivity index (χ1) is 9.69. The first-order valence-electron chi connectivity index (χ1n) is 6.83. The van der Waals surface area contributed by atoms with Crippen LogP contribution in [0.25, 0.3) is 0 Å². The second kappa shape index (κ2) is 5.47. The average molecular weight is 288 g/mol. The van der Waals surface area contributed by atoms with E-state index < -0.39 is 17.3 Å². The third-order valence-corrected chi connectivity index (χ3v) is 3.03. The molecule has 1 aromatic carbocycles. The van der Waals surface area contributed by atoms with E-state index in [4.69, 9.17) is 4.74 Å². The predicted octanol–water partition coefficient (Wildman–Crippen LogP) is 2.44. The van der Waals surface area contributed by atoms with Gasteiger partial charge in [-0.3, -0.25) is 4.79 Å². The summed E-state index contributed by atoms with van der Waals surface area (Å²) in [4.78, 5) is 12.4. The number of ketones is 1. The number of hydrogen-bond acceptors (Lipinski definition) is 4. The van der Waals surface area contributed by atoms with Gasteiger partial charge in [0, 0.05) is 11.6 Å². The molecule has 4 heteroatoms. The van der Waals surface area contributed by atoms with Gasteiger partial charge < -0.3 is 14.9 Å². The topological polar surface area (TPSA) is 66.8 Å². The number of hydrogen-bond donors (Lipinski definition) is 2. The fourth-order valence-corrected chi connectivity index (χ4v) is 2.16. The van der Waals surface area contributed by atoms with Crippen LogP contribution in [0.15, 0.2) is 54.3 Å². The Morgan fingerprint density at radius 2 is 1.81 bits per heavy atom. The number of aliphatic hydroxyl groups is 2. The van der Waals surface area contributed by atoms with Crippen LogP contribution in [-0.4, -0.2) is 27.4 Å². The molecule has 0 aliphatic heterocycles. The van der Waals surface area contributed by atoms with Crippen LogP contribution in [0.2, 0.25) is 0 Å². The zero-order valence-electron chi connectivity index (χ0n) is 12.4. The van der Waals surface area contributed by atoms with Crippen molar-refractivity contribution in [2.75, 3.05) is 0 Å². The Balaban J connectivity index is 2.22. The minimum Gasteiger partial charge on any atom is -0.488 e. The van der Waals surface area contributed by atoms with Crippen molar-refractivity contribution in [3.05, 3.63) is 59.9 Å². The number of ether oxygens (including phenoxy) is 1. The van der Waals surface area contributed by atoms with E-state index in [1.807, 2.05) is 20.8 Å². The van der Waals surface area contributed by atoms with E-state index >= 15 is 0 Å². The van der Waals surface area contributed by atoms with Gasteiger partial charge in [0.05, 0.1) is 5.92 Å². The van der Waals surface area contributed by atoms with Gasteiger partial charge >= 0.3 is 0 Å². The molecule has 0 bridgehead atoms. The van der Waals surface area contributed by atoms with Crippen LogP contribution in [0.1, 0.15) is 31.1 Å². The Morgan fingerprint density at radius 1 is 1.19 bits per heavy atom. The molecule has 0 spiro atoms. The Morgan fingerprint density at radius 3 is 2.33 bits per heavy atom. The molecule has 21 heavy (non-hydrogen) atoms. The van der Waals surface area contributed by atoms with Gasteiger partial charge in [0.1, 0.15) is 11.4 Å². The monoisotopic (exact) mass is 288 g/mol. The molecule has 0 saturated carbocycles. The van der Waals surface area contributed by atoms with Crippen LogP contribution in [0.3, 0.4) is 0 Å². The van der Waals surface area contributed by atoms with Crippen LogP contribution in [0.4, 0.5) is 0 Å². The minimum absolute atomic E-state index is 0.338. The second-order valence-corrected chi connectivity index (χ2v) is 6.11. The summed E-state index contributed by atoms with van der Waals surface area (Å²) in [5.41, 5.74) is -0.0177. The van der Waals surface area contributed by atoms with Crippen LogP contribution in [-0.2, 0) is 4.74 Å². The Bertz CT molecular complexity index is 577. The van der Waals surface area contributed by atoms with E-state index in [0.29, 0.717) is 11.3 Å². The molecule has 4 nitrogen and oxygen atoms in total. The number of Topliss-reactive ketones (excluding diaryl/α,β-unsaturated/α-hetero) is 1. The van der Waals surface area contributed by atoms with Gasteiger partial charge in [0.15, 0.2) is 5.78 Å². The highest BCUT2D eigenvalue weighted by atomic mass is 16.5. The highest BCUT2D eigenvalue weighted by molar-refractivity contribution is 5.99. The summed E-state index contributed by atoms with van der Waals surface area (Å²) in [6, 6.07) is 8.57. The van der Waals surface area contributed by atoms with E-state index in [0.717, 1.165) is 0 Å². The lowest BCUT2D eigenvalue weighted by atomic mass is 9.86. The maximum absolute atomic E-state index is 12.4. The maximum Gasteiger partial charge on any atom is 0.200 e. The van der Waals surface area contributed by atoms with E-state index in [9.17, 15) is 15.0 Å². The summed E-state index contributed by atoms with van der Waals surface area (Å²) >= 11 is 0. The lowest BCUT2D eigenvalue weighted by Gasteiger charge is -2.31. The summed E-state index contributed by atoms with van der Waals surface area (Å²) in [7, 11) is 0. The molecule has 0 heterocycles. The molecule has 0 fully saturated rings. The lowest BCUT2D eigenvalue weighted by molar-refractivity contribution is -0.140. The van der Waals surface area contributed by atoms with Crippen LogP contribution < -0.4 is 0 Å². The average Bonchev–Trinajstić information content (AvgIpc) is 2.36. The number of rotatable bonds is 3. The first-order valence-corrected chi connectivity index (χ1v) is 6.83. The van der Waals surface area contributed by atoms with Gasteiger partial charge in [-0.1, -0.05) is 36.4 Å². The van der Waals surface area contributed by atoms with Crippen molar-refractivity contribution in [3.63, 3.8) is 0 Å². The molecule has 0 radical (unpaired) electrons. The van der Waals surface area contributed by atoms with Crippen molar-refractivity contribution in [1.29, 1.82) is 0 Å². The summed E-state index contributed by atoms with van der Waals surface area (Å²) in [5.74, 6) is -3.32. The molecule has 0 saturated heterocycles. The Hall–Kier alpha value is -1.91. The molecule has 1 atom stereocenters. The fraction of sp³-hybridized carbons (Fsp3) is 0.353. The molecule has 112 valence electrons. The van der Waals surface area contributed by atoms with E-state index in [-0.39, 0.29) is 5.78 Å². The van der Waals surface area contributed by atoms with Gasteiger partial charge in [0.2, 0.25) is 5.79 Å². The predicted molar refractivity (Wildman–Crippen MR) is 79.5 cm³/mol. The third kappa shape index (κ3) is 3.80. The van der Waals surface area contributed by atoms with Crippen LogP contribution in [0, 0.1) is 5.92 Å². The molecule has 2 N–H and O–H groups in total. The summed E-state index contributed by atoms with van der Waals surface area (Å²) in [5, 5.41) is 20.3. The van der Waals surface area contributed by atoms with Crippen molar-refractivity contribution in [1.82, 2.24) is 0 Å².